The first-order valence-corrected chi connectivity index (χ1v) is 6.06. The molecular formula is C11H8OS2. The number of thiophene rings is 2. The normalized spacial score (nSPS) is 13.1. The highest BCUT2D eigenvalue weighted by Gasteiger charge is 2.30. The smallest absolute Gasteiger partial charge is 0.214 e. The van der Waals surface area contributed by atoms with Gasteiger partial charge in [-0.3, -0.25) is 4.79 Å². The van der Waals surface area contributed by atoms with E-state index in [-0.39, 0.29) is 5.78 Å². The Morgan fingerprint density at radius 1 is 0.929 bits per heavy atom. The predicted octanol–water partition coefficient (Wildman–Crippen LogP) is 3.64. The SMILES string of the molecule is Cc1cc2c(s1)C(=O)c1sc(C)cc1-2. The minimum Gasteiger partial charge on any atom is -0.287 e. The van der Waals surface area contributed by atoms with Crippen LogP contribution < -0.4 is 0 Å². The van der Waals surface area contributed by atoms with Crippen molar-refractivity contribution >= 4 is 28.5 Å². The van der Waals surface area contributed by atoms with Crippen LogP contribution in [-0.4, -0.2) is 5.78 Å². The molecular weight excluding hydrogens is 212 g/mol. The zero-order valence-electron chi connectivity index (χ0n) is 7.88. The van der Waals surface area contributed by atoms with Crippen LogP contribution in [0.25, 0.3) is 11.1 Å². The van der Waals surface area contributed by atoms with Crippen LogP contribution in [0.2, 0.25) is 0 Å². The van der Waals surface area contributed by atoms with E-state index in [1.54, 1.807) is 22.7 Å². The van der Waals surface area contributed by atoms with Gasteiger partial charge in [0.25, 0.3) is 0 Å². The Balaban J connectivity index is 2.37. The summed E-state index contributed by atoms with van der Waals surface area (Å²) in [6.45, 7) is 4.10. The molecule has 3 heteroatoms. The van der Waals surface area contributed by atoms with Gasteiger partial charge in [-0.1, -0.05) is 0 Å². The molecule has 2 heterocycles. The summed E-state index contributed by atoms with van der Waals surface area (Å²) in [6.07, 6.45) is 0. The largest absolute Gasteiger partial charge is 0.287 e. The molecule has 0 spiro atoms. The molecule has 0 saturated heterocycles. The van der Waals surface area contributed by atoms with Gasteiger partial charge in [-0.2, -0.15) is 0 Å². The second-order valence-electron chi connectivity index (χ2n) is 3.53. The summed E-state index contributed by atoms with van der Waals surface area (Å²) in [7, 11) is 0. The van der Waals surface area contributed by atoms with E-state index >= 15 is 0 Å². The quantitative estimate of drug-likeness (QED) is 0.565. The number of hydrogen-bond acceptors (Lipinski definition) is 3. The van der Waals surface area contributed by atoms with Crippen LogP contribution in [0.3, 0.4) is 0 Å². The molecule has 70 valence electrons. The first-order chi connectivity index (χ1) is 6.66. The Morgan fingerprint density at radius 2 is 1.36 bits per heavy atom. The Morgan fingerprint density at radius 3 is 1.79 bits per heavy atom. The summed E-state index contributed by atoms with van der Waals surface area (Å²) in [5, 5.41) is 0. The van der Waals surface area contributed by atoms with Crippen molar-refractivity contribution in [3.8, 4) is 11.1 Å². The number of ketones is 1. The standard InChI is InChI=1S/C11H8OS2/c1-5-3-7-8-4-6(2)14-11(8)9(12)10(7)13-5/h3-4H,1-2H3. The van der Waals surface area contributed by atoms with Gasteiger partial charge in [0.2, 0.25) is 5.78 Å². The molecule has 0 N–H and O–H groups in total. The lowest BCUT2D eigenvalue weighted by Gasteiger charge is -1.85. The molecule has 14 heavy (non-hydrogen) atoms. The van der Waals surface area contributed by atoms with E-state index < -0.39 is 0 Å². The third kappa shape index (κ3) is 0.913. The molecule has 0 aromatic carbocycles. The van der Waals surface area contributed by atoms with Crippen LogP contribution in [0.15, 0.2) is 12.1 Å². The van der Waals surface area contributed by atoms with Gasteiger partial charge in [-0.15, -0.1) is 22.7 Å². The third-order valence-electron chi connectivity index (χ3n) is 2.41. The molecule has 0 atom stereocenters. The van der Waals surface area contributed by atoms with Crippen molar-refractivity contribution < 1.29 is 4.79 Å². The molecule has 0 bridgehead atoms. The number of hydrogen-bond donors (Lipinski definition) is 0. The number of carbonyl (C=O) groups is 1. The second kappa shape index (κ2) is 2.55. The highest BCUT2D eigenvalue weighted by atomic mass is 32.1. The van der Waals surface area contributed by atoms with Crippen molar-refractivity contribution in [1.29, 1.82) is 0 Å². The maximum atomic E-state index is 11.9. The van der Waals surface area contributed by atoms with Crippen molar-refractivity contribution in [2.24, 2.45) is 0 Å². The summed E-state index contributed by atoms with van der Waals surface area (Å²) in [5.41, 5.74) is 2.30. The van der Waals surface area contributed by atoms with E-state index in [9.17, 15) is 4.79 Å². The van der Waals surface area contributed by atoms with Crippen molar-refractivity contribution in [2.45, 2.75) is 13.8 Å². The molecule has 0 radical (unpaired) electrons. The van der Waals surface area contributed by atoms with E-state index in [2.05, 4.69) is 26.0 Å². The highest BCUT2D eigenvalue weighted by Crippen LogP contribution is 2.44. The van der Waals surface area contributed by atoms with Crippen LogP contribution in [0.1, 0.15) is 24.3 Å². The summed E-state index contributed by atoms with van der Waals surface area (Å²) in [6, 6.07) is 4.24. The summed E-state index contributed by atoms with van der Waals surface area (Å²) < 4.78 is 0. The van der Waals surface area contributed by atoms with E-state index in [0.717, 1.165) is 20.9 Å². The molecule has 2 aromatic heterocycles. The molecule has 0 amide bonds. The monoisotopic (exact) mass is 220 g/mol. The van der Waals surface area contributed by atoms with Gasteiger partial charge in [-0.25, -0.2) is 0 Å². The Kier molecular flexibility index (Phi) is 1.53. The second-order valence-corrected chi connectivity index (χ2v) is 6.04. The van der Waals surface area contributed by atoms with Crippen molar-refractivity contribution in [3.63, 3.8) is 0 Å². The van der Waals surface area contributed by atoms with Gasteiger partial charge in [0.1, 0.15) is 0 Å². The van der Waals surface area contributed by atoms with Crippen LogP contribution in [0.4, 0.5) is 0 Å². The molecule has 2 aromatic rings. The van der Waals surface area contributed by atoms with Crippen molar-refractivity contribution in [2.75, 3.05) is 0 Å². The fourth-order valence-electron chi connectivity index (χ4n) is 1.87. The lowest BCUT2D eigenvalue weighted by Crippen LogP contribution is -1.88. The van der Waals surface area contributed by atoms with Crippen LogP contribution >= 0.6 is 22.7 Å². The van der Waals surface area contributed by atoms with Gasteiger partial charge >= 0.3 is 0 Å². The summed E-state index contributed by atoms with van der Waals surface area (Å²) in [4.78, 5) is 16.2. The maximum Gasteiger partial charge on any atom is 0.214 e. The Hall–Kier alpha value is -0.930. The van der Waals surface area contributed by atoms with Gasteiger partial charge in [0, 0.05) is 20.9 Å². The molecule has 0 aliphatic heterocycles. The lowest BCUT2D eigenvalue weighted by atomic mass is 10.2. The van der Waals surface area contributed by atoms with Gasteiger partial charge in [0.05, 0.1) is 9.75 Å². The molecule has 0 saturated carbocycles. The van der Waals surface area contributed by atoms with Crippen LogP contribution in [-0.2, 0) is 0 Å². The fraction of sp³-hybridized carbons (Fsp3) is 0.182. The van der Waals surface area contributed by atoms with Gasteiger partial charge in [-0.05, 0) is 26.0 Å². The first-order valence-electron chi connectivity index (χ1n) is 4.43. The molecule has 0 fully saturated rings. The third-order valence-corrected chi connectivity index (χ3v) is 4.51. The van der Waals surface area contributed by atoms with Crippen molar-refractivity contribution in [1.82, 2.24) is 0 Å². The predicted molar refractivity (Wildman–Crippen MR) is 60.5 cm³/mol. The lowest BCUT2D eigenvalue weighted by molar-refractivity contribution is 0.105. The minimum absolute atomic E-state index is 0.228. The summed E-state index contributed by atoms with van der Waals surface area (Å²) in [5.74, 6) is 0.228. The van der Waals surface area contributed by atoms with Crippen LogP contribution in [0.5, 0.6) is 0 Å². The molecule has 1 aliphatic carbocycles. The Bertz CT molecular complexity index is 497. The minimum atomic E-state index is 0.228. The molecule has 1 aliphatic rings. The fourth-order valence-corrected chi connectivity index (χ4v) is 3.88. The molecule has 3 rings (SSSR count). The average molecular weight is 220 g/mol. The van der Waals surface area contributed by atoms with Gasteiger partial charge in [0.15, 0.2) is 0 Å². The zero-order chi connectivity index (χ0) is 9.87. The van der Waals surface area contributed by atoms with E-state index in [1.807, 2.05) is 0 Å². The van der Waals surface area contributed by atoms with E-state index in [4.69, 9.17) is 0 Å². The number of aryl methyl sites for hydroxylation is 2. The molecule has 1 nitrogen and oxygen atoms in total. The van der Waals surface area contributed by atoms with Crippen molar-refractivity contribution in [3.05, 3.63) is 31.6 Å². The maximum absolute atomic E-state index is 11.9. The average Bonchev–Trinajstić information content (AvgIpc) is 2.71. The summed E-state index contributed by atoms with van der Waals surface area (Å²) >= 11 is 3.22. The van der Waals surface area contributed by atoms with E-state index in [1.165, 1.54) is 9.75 Å². The number of fused-ring (bicyclic) bond motifs is 3. The zero-order valence-corrected chi connectivity index (χ0v) is 9.51. The topological polar surface area (TPSA) is 17.1 Å². The number of rotatable bonds is 0. The van der Waals surface area contributed by atoms with Crippen LogP contribution in [0, 0.1) is 13.8 Å². The highest BCUT2D eigenvalue weighted by molar-refractivity contribution is 7.19. The van der Waals surface area contributed by atoms with Gasteiger partial charge < -0.3 is 0 Å². The number of carbonyl (C=O) groups excluding carboxylic acids is 1. The molecule has 0 unspecified atom stereocenters. The Labute approximate surface area is 90.0 Å². The van der Waals surface area contributed by atoms with E-state index in [0.29, 0.717) is 0 Å². The first kappa shape index (κ1) is 8.38.